The quantitative estimate of drug-likeness (QED) is 0.589. The van der Waals surface area contributed by atoms with Crippen molar-refractivity contribution in [2.45, 2.75) is 6.92 Å². The topological polar surface area (TPSA) is 81.9 Å². The number of carbonyl (C=O) groups excluding carboxylic acids is 1. The minimum atomic E-state index is -0.526. The molecular weight excluding hydrogens is 336 g/mol. The Labute approximate surface area is 130 Å². The van der Waals surface area contributed by atoms with E-state index in [1.807, 2.05) is 0 Å². The molecule has 0 atom stereocenters. The van der Waals surface area contributed by atoms with Gasteiger partial charge in [0, 0.05) is 10.0 Å². The summed E-state index contributed by atoms with van der Waals surface area (Å²) in [5.41, 5.74) is 3.51. The van der Waals surface area contributed by atoms with E-state index in [1.54, 1.807) is 31.2 Å². The largest absolute Gasteiger partial charge is 0.507 e. The first-order valence-electron chi connectivity index (χ1n) is 6.09. The highest BCUT2D eigenvalue weighted by atomic mass is 79.9. The Morgan fingerprint density at radius 2 is 2.05 bits per heavy atom. The Morgan fingerprint density at radius 3 is 2.81 bits per heavy atom. The molecule has 2 rings (SSSR count). The zero-order valence-corrected chi connectivity index (χ0v) is 12.8. The predicted molar refractivity (Wildman–Crippen MR) is 83.7 cm³/mol. The maximum Gasteiger partial charge on any atom is 0.275 e. The number of nitrogens with zero attached hydrogens (tertiary/aromatic N) is 1. The summed E-state index contributed by atoms with van der Waals surface area (Å²) in [7, 11) is 0. The van der Waals surface area contributed by atoms with Crippen molar-refractivity contribution in [3.63, 3.8) is 0 Å². The van der Waals surface area contributed by atoms with Gasteiger partial charge in [0.25, 0.3) is 5.91 Å². The van der Waals surface area contributed by atoms with E-state index in [2.05, 4.69) is 26.5 Å². The fourth-order valence-corrected chi connectivity index (χ4v) is 2.07. The summed E-state index contributed by atoms with van der Waals surface area (Å²) in [6, 6.07) is 9.75. The number of rotatable bonds is 3. The lowest BCUT2D eigenvalue weighted by atomic mass is 10.1. The van der Waals surface area contributed by atoms with Crippen LogP contribution in [0.15, 0.2) is 46.0 Å². The van der Waals surface area contributed by atoms with Gasteiger partial charge in [0.2, 0.25) is 0 Å². The second-order valence-corrected chi connectivity index (χ2v) is 5.29. The molecule has 1 amide bonds. The van der Waals surface area contributed by atoms with E-state index >= 15 is 0 Å². The molecule has 6 heteroatoms. The molecule has 0 radical (unpaired) electrons. The summed E-state index contributed by atoms with van der Waals surface area (Å²) in [6.45, 7) is 1.70. The molecule has 0 fully saturated rings. The molecule has 5 nitrogen and oxygen atoms in total. The highest BCUT2D eigenvalue weighted by Gasteiger charge is 2.11. The van der Waals surface area contributed by atoms with Crippen LogP contribution in [-0.2, 0) is 0 Å². The zero-order valence-electron chi connectivity index (χ0n) is 11.2. The highest BCUT2D eigenvalue weighted by Crippen LogP contribution is 2.21. The fraction of sp³-hybridized carbons (Fsp3) is 0.0667. The van der Waals surface area contributed by atoms with Crippen molar-refractivity contribution in [1.29, 1.82) is 0 Å². The Hall–Kier alpha value is -2.34. The van der Waals surface area contributed by atoms with E-state index in [0.717, 1.165) is 4.47 Å². The molecule has 3 N–H and O–H groups in total. The van der Waals surface area contributed by atoms with Gasteiger partial charge in [-0.05, 0) is 36.8 Å². The number of phenols is 2. The second kappa shape index (κ2) is 6.41. The van der Waals surface area contributed by atoms with E-state index in [9.17, 15) is 15.0 Å². The van der Waals surface area contributed by atoms with Crippen molar-refractivity contribution < 1.29 is 15.0 Å². The number of amides is 1. The third-order valence-electron chi connectivity index (χ3n) is 2.84. The molecule has 108 valence electrons. The molecule has 21 heavy (non-hydrogen) atoms. The second-order valence-electron chi connectivity index (χ2n) is 4.37. The highest BCUT2D eigenvalue weighted by molar-refractivity contribution is 9.10. The van der Waals surface area contributed by atoms with Crippen molar-refractivity contribution in [2.75, 3.05) is 0 Å². The van der Waals surface area contributed by atoms with Gasteiger partial charge in [0.1, 0.15) is 11.5 Å². The van der Waals surface area contributed by atoms with Crippen LogP contribution in [0.1, 0.15) is 21.5 Å². The van der Waals surface area contributed by atoms with Gasteiger partial charge in [-0.15, -0.1) is 0 Å². The van der Waals surface area contributed by atoms with Crippen LogP contribution in [0.25, 0.3) is 0 Å². The summed E-state index contributed by atoms with van der Waals surface area (Å²) in [5, 5.41) is 23.2. The van der Waals surface area contributed by atoms with E-state index < -0.39 is 5.91 Å². The van der Waals surface area contributed by atoms with Crippen LogP contribution in [0.3, 0.4) is 0 Å². The van der Waals surface area contributed by atoms with E-state index in [0.29, 0.717) is 11.1 Å². The van der Waals surface area contributed by atoms with Crippen LogP contribution >= 0.6 is 15.9 Å². The lowest BCUT2D eigenvalue weighted by molar-refractivity contribution is 0.0952. The molecule has 0 saturated heterocycles. The van der Waals surface area contributed by atoms with Crippen molar-refractivity contribution in [3.05, 3.63) is 57.6 Å². The van der Waals surface area contributed by atoms with Crippen molar-refractivity contribution in [1.82, 2.24) is 5.43 Å². The van der Waals surface area contributed by atoms with Gasteiger partial charge in [0.15, 0.2) is 0 Å². The van der Waals surface area contributed by atoms with Gasteiger partial charge in [0.05, 0.1) is 11.8 Å². The molecule has 0 heterocycles. The molecule has 2 aromatic rings. The van der Waals surface area contributed by atoms with Crippen LogP contribution in [0.2, 0.25) is 0 Å². The number of phenolic OH excluding ortho intramolecular Hbond substituents is 2. The molecule has 0 aliphatic carbocycles. The number of hydrazone groups is 1. The van der Waals surface area contributed by atoms with Gasteiger partial charge in [-0.3, -0.25) is 4.79 Å². The van der Waals surface area contributed by atoms with Crippen LogP contribution in [-0.4, -0.2) is 22.3 Å². The van der Waals surface area contributed by atoms with Crippen molar-refractivity contribution >= 4 is 28.1 Å². The minimum absolute atomic E-state index is 0.0506. The Bertz CT molecular complexity index is 714. The number of nitrogens with one attached hydrogen (secondary N) is 1. The van der Waals surface area contributed by atoms with Gasteiger partial charge < -0.3 is 10.2 Å². The number of halogens is 1. The molecule has 0 saturated carbocycles. The van der Waals surface area contributed by atoms with Gasteiger partial charge in [-0.1, -0.05) is 28.1 Å². The first kappa shape index (κ1) is 15.1. The summed E-state index contributed by atoms with van der Waals surface area (Å²) < 4.78 is 0.782. The normalized spacial score (nSPS) is 10.8. The van der Waals surface area contributed by atoms with Crippen LogP contribution < -0.4 is 5.43 Å². The van der Waals surface area contributed by atoms with E-state index in [4.69, 9.17) is 0 Å². The van der Waals surface area contributed by atoms with Gasteiger partial charge >= 0.3 is 0 Å². The fourth-order valence-electron chi connectivity index (χ4n) is 1.69. The lowest BCUT2D eigenvalue weighted by Gasteiger charge is -2.05. The van der Waals surface area contributed by atoms with E-state index in [-0.39, 0.29) is 17.1 Å². The minimum Gasteiger partial charge on any atom is -0.507 e. The number of aromatic hydroxyl groups is 2. The van der Waals surface area contributed by atoms with Crippen LogP contribution in [0, 0.1) is 6.92 Å². The lowest BCUT2D eigenvalue weighted by Crippen LogP contribution is -2.17. The number of para-hydroxylation sites is 1. The number of benzene rings is 2. The van der Waals surface area contributed by atoms with Crippen molar-refractivity contribution in [3.8, 4) is 11.5 Å². The number of hydrogen-bond acceptors (Lipinski definition) is 4. The molecule has 0 unspecified atom stereocenters. The number of hydrogen-bond donors (Lipinski definition) is 3. The van der Waals surface area contributed by atoms with Crippen LogP contribution in [0.5, 0.6) is 11.5 Å². The number of aryl methyl sites for hydroxylation is 1. The molecule has 0 aliphatic rings. The van der Waals surface area contributed by atoms with Crippen molar-refractivity contribution in [2.24, 2.45) is 5.10 Å². The summed E-state index contributed by atoms with van der Waals surface area (Å²) >= 11 is 3.28. The molecule has 2 aromatic carbocycles. The standard InChI is InChI=1S/C15H13BrN2O3/c1-9-3-2-4-12(14(9)20)15(21)18-17-8-10-7-11(16)5-6-13(10)19/h2-8,19-20H,1H3,(H,18,21). The molecule has 0 spiro atoms. The maximum atomic E-state index is 11.9. The van der Waals surface area contributed by atoms with Gasteiger partial charge in [-0.25, -0.2) is 5.43 Å². The monoisotopic (exact) mass is 348 g/mol. The average molecular weight is 349 g/mol. The Morgan fingerprint density at radius 1 is 1.29 bits per heavy atom. The zero-order chi connectivity index (χ0) is 15.4. The maximum absolute atomic E-state index is 11.9. The Balaban J connectivity index is 2.12. The Kier molecular flexibility index (Phi) is 4.59. The van der Waals surface area contributed by atoms with Crippen LogP contribution in [0.4, 0.5) is 0 Å². The molecule has 0 aliphatic heterocycles. The first-order chi connectivity index (χ1) is 9.99. The molecule has 0 aromatic heterocycles. The smallest absolute Gasteiger partial charge is 0.275 e. The van der Waals surface area contributed by atoms with Gasteiger partial charge in [-0.2, -0.15) is 5.10 Å². The third-order valence-corrected chi connectivity index (χ3v) is 3.33. The third kappa shape index (κ3) is 3.61. The average Bonchev–Trinajstić information content (AvgIpc) is 2.45. The summed E-state index contributed by atoms with van der Waals surface area (Å²) in [5.74, 6) is -0.549. The molecular formula is C15H13BrN2O3. The summed E-state index contributed by atoms with van der Waals surface area (Å²) in [4.78, 5) is 11.9. The SMILES string of the molecule is Cc1cccc(C(=O)NN=Cc2cc(Br)ccc2O)c1O. The van der Waals surface area contributed by atoms with E-state index in [1.165, 1.54) is 18.3 Å². The first-order valence-corrected chi connectivity index (χ1v) is 6.89. The summed E-state index contributed by atoms with van der Waals surface area (Å²) in [6.07, 6.45) is 1.32. The molecule has 0 bridgehead atoms. The predicted octanol–water partition coefficient (Wildman–Crippen LogP) is 2.93. The number of carbonyl (C=O) groups is 1.